The van der Waals surface area contributed by atoms with Gasteiger partial charge < -0.3 is 15.1 Å². The molecule has 2 amide bonds. The van der Waals surface area contributed by atoms with E-state index in [1.807, 2.05) is 70.6 Å². The molecule has 0 spiro atoms. The molecule has 30 heavy (non-hydrogen) atoms. The fourth-order valence-corrected chi connectivity index (χ4v) is 4.17. The molecule has 0 aliphatic rings. The summed E-state index contributed by atoms with van der Waals surface area (Å²) >= 11 is 0. The van der Waals surface area contributed by atoms with Crippen LogP contribution in [-0.4, -0.2) is 50.8 Å². The summed E-state index contributed by atoms with van der Waals surface area (Å²) in [5, 5.41) is 3.06. The Labute approximate surface area is 183 Å². The lowest BCUT2D eigenvalue weighted by Gasteiger charge is -2.35. The van der Waals surface area contributed by atoms with Crippen molar-refractivity contribution in [2.45, 2.75) is 73.0 Å². The average Bonchev–Trinajstić information content (AvgIpc) is 2.56. The van der Waals surface area contributed by atoms with Crippen molar-refractivity contribution in [3.8, 4) is 0 Å². The second kappa shape index (κ2) is 10.4. The normalized spacial score (nSPS) is 13.1. The molecule has 0 saturated carbocycles. The Bertz CT molecular complexity index is 814. The highest BCUT2D eigenvalue weighted by atomic mass is 32.2. The molecule has 8 heteroatoms. The van der Waals surface area contributed by atoms with E-state index in [4.69, 9.17) is 0 Å². The van der Waals surface area contributed by atoms with Gasteiger partial charge in [-0.05, 0) is 63.8 Å². The molecule has 0 aliphatic carbocycles. The summed E-state index contributed by atoms with van der Waals surface area (Å²) in [5.41, 5.74) is 1.98. The number of rotatable bonds is 9. The van der Waals surface area contributed by atoms with Gasteiger partial charge >= 0.3 is 6.03 Å². The summed E-state index contributed by atoms with van der Waals surface area (Å²) in [4.78, 5) is 16.9. The summed E-state index contributed by atoms with van der Waals surface area (Å²) < 4.78 is 27.1. The van der Waals surface area contributed by atoms with Crippen molar-refractivity contribution in [3.05, 3.63) is 23.8 Å². The van der Waals surface area contributed by atoms with Crippen molar-refractivity contribution in [1.82, 2.24) is 10.2 Å². The van der Waals surface area contributed by atoms with Gasteiger partial charge in [0.2, 0.25) is 10.0 Å². The fourth-order valence-electron chi connectivity index (χ4n) is 3.05. The Morgan fingerprint density at radius 2 is 1.73 bits per heavy atom. The van der Waals surface area contributed by atoms with Crippen LogP contribution in [0.5, 0.6) is 0 Å². The van der Waals surface area contributed by atoms with E-state index in [0.717, 1.165) is 11.3 Å². The second-order valence-electron chi connectivity index (χ2n) is 9.45. The quantitative estimate of drug-likeness (QED) is 0.601. The van der Waals surface area contributed by atoms with E-state index in [-0.39, 0.29) is 29.3 Å². The highest BCUT2D eigenvalue weighted by molar-refractivity contribution is 7.92. The number of amides is 2. The van der Waals surface area contributed by atoms with Gasteiger partial charge in [-0.25, -0.2) is 13.2 Å². The highest BCUT2D eigenvalue weighted by Crippen LogP contribution is 2.27. The molecule has 1 aromatic carbocycles. The number of sulfonamides is 1. The van der Waals surface area contributed by atoms with Crippen LogP contribution in [-0.2, 0) is 16.6 Å². The smallest absolute Gasteiger partial charge is 0.318 e. The van der Waals surface area contributed by atoms with Crippen molar-refractivity contribution in [2.24, 2.45) is 5.92 Å². The molecule has 1 rings (SSSR count). The van der Waals surface area contributed by atoms with Crippen molar-refractivity contribution < 1.29 is 13.2 Å². The van der Waals surface area contributed by atoms with E-state index in [2.05, 4.69) is 23.9 Å². The number of hydrogen-bond donors (Lipinski definition) is 2. The van der Waals surface area contributed by atoms with E-state index in [9.17, 15) is 13.2 Å². The van der Waals surface area contributed by atoms with Crippen LogP contribution in [0.25, 0.3) is 0 Å². The van der Waals surface area contributed by atoms with Crippen LogP contribution in [0.4, 0.5) is 16.2 Å². The van der Waals surface area contributed by atoms with Gasteiger partial charge in [0.05, 0.1) is 5.75 Å². The average molecular weight is 441 g/mol. The van der Waals surface area contributed by atoms with Gasteiger partial charge in [0.25, 0.3) is 0 Å². The Morgan fingerprint density at radius 3 is 2.20 bits per heavy atom. The van der Waals surface area contributed by atoms with Crippen LogP contribution in [0, 0.1) is 5.92 Å². The predicted molar refractivity (Wildman–Crippen MR) is 127 cm³/mol. The van der Waals surface area contributed by atoms with Gasteiger partial charge in [0.15, 0.2) is 0 Å². The molecule has 0 radical (unpaired) electrons. The maximum absolute atomic E-state index is 13.1. The zero-order chi connectivity index (χ0) is 23.3. The Kier molecular flexibility index (Phi) is 9.02. The van der Waals surface area contributed by atoms with Crippen LogP contribution in [0.1, 0.15) is 60.5 Å². The first-order valence-corrected chi connectivity index (χ1v) is 12.2. The van der Waals surface area contributed by atoms with E-state index in [0.29, 0.717) is 18.7 Å². The second-order valence-corrected chi connectivity index (χ2v) is 11.3. The summed E-state index contributed by atoms with van der Waals surface area (Å²) in [7, 11) is 0.482. The van der Waals surface area contributed by atoms with Gasteiger partial charge in [-0.3, -0.25) is 4.72 Å². The van der Waals surface area contributed by atoms with Crippen molar-refractivity contribution in [1.29, 1.82) is 0 Å². The monoisotopic (exact) mass is 440 g/mol. The first kappa shape index (κ1) is 26.1. The molecule has 0 aliphatic heterocycles. The largest absolute Gasteiger partial charge is 0.377 e. The SMILES string of the molecule is CCCS(=O)(=O)Nc1ccc(N(C)C)c(CN(C(=O)NC(C)(C)C)C(C)C(C)C)c1. The first-order chi connectivity index (χ1) is 13.7. The zero-order valence-electron chi connectivity index (χ0n) is 20.0. The molecule has 0 heterocycles. The van der Waals surface area contributed by atoms with E-state index in [1.54, 1.807) is 6.07 Å². The van der Waals surface area contributed by atoms with Gasteiger partial charge in [0.1, 0.15) is 0 Å². The minimum absolute atomic E-state index is 0.00259. The minimum atomic E-state index is -3.39. The first-order valence-electron chi connectivity index (χ1n) is 10.6. The molecule has 0 saturated heterocycles. The molecule has 1 aromatic rings. The molecule has 7 nitrogen and oxygen atoms in total. The van der Waals surface area contributed by atoms with Gasteiger partial charge in [-0.2, -0.15) is 0 Å². The van der Waals surface area contributed by atoms with Gasteiger partial charge in [-0.1, -0.05) is 20.8 Å². The lowest BCUT2D eigenvalue weighted by Crippen LogP contribution is -2.52. The van der Waals surface area contributed by atoms with E-state index < -0.39 is 10.0 Å². The number of nitrogens with one attached hydrogen (secondary N) is 2. The number of anilines is 2. The third-order valence-corrected chi connectivity index (χ3v) is 6.34. The lowest BCUT2D eigenvalue weighted by atomic mass is 10.0. The van der Waals surface area contributed by atoms with Crippen LogP contribution in [0.2, 0.25) is 0 Å². The van der Waals surface area contributed by atoms with Crippen molar-refractivity contribution in [2.75, 3.05) is 29.5 Å². The number of urea groups is 1. The number of hydrogen-bond acceptors (Lipinski definition) is 4. The number of nitrogens with zero attached hydrogens (tertiary/aromatic N) is 2. The molecule has 172 valence electrons. The third kappa shape index (κ3) is 8.05. The van der Waals surface area contributed by atoms with Crippen LogP contribution in [0.3, 0.4) is 0 Å². The third-order valence-electron chi connectivity index (χ3n) is 4.85. The Morgan fingerprint density at radius 1 is 1.13 bits per heavy atom. The molecule has 0 fully saturated rings. The highest BCUT2D eigenvalue weighted by Gasteiger charge is 2.27. The molecule has 0 bridgehead atoms. The number of carbonyl (C=O) groups is 1. The minimum Gasteiger partial charge on any atom is -0.377 e. The predicted octanol–water partition coefficient (Wildman–Crippen LogP) is 4.26. The van der Waals surface area contributed by atoms with Gasteiger partial charge in [-0.15, -0.1) is 0 Å². The van der Waals surface area contributed by atoms with Crippen LogP contribution < -0.4 is 14.9 Å². The lowest BCUT2D eigenvalue weighted by molar-refractivity contribution is 0.150. The Hall–Kier alpha value is -1.96. The molecule has 0 aromatic heterocycles. The van der Waals surface area contributed by atoms with Crippen LogP contribution >= 0.6 is 0 Å². The summed E-state index contributed by atoms with van der Waals surface area (Å²) in [5.74, 6) is 0.340. The summed E-state index contributed by atoms with van der Waals surface area (Å²) in [6.45, 7) is 14.3. The molecule has 1 unspecified atom stereocenters. The summed E-state index contributed by atoms with van der Waals surface area (Å²) in [6, 6.07) is 5.34. The Balaban J connectivity index is 3.34. The maximum Gasteiger partial charge on any atom is 0.318 e. The summed E-state index contributed by atoms with van der Waals surface area (Å²) in [6.07, 6.45) is 0.546. The van der Waals surface area contributed by atoms with Gasteiger partial charge in [0, 0.05) is 43.6 Å². The molecule has 2 N–H and O–H groups in total. The van der Waals surface area contributed by atoms with Crippen molar-refractivity contribution >= 4 is 27.4 Å². The molecular formula is C22H40N4O3S. The zero-order valence-corrected chi connectivity index (χ0v) is 20.9. The van der Waals surface area contributed by atoms with Crippen LogP contribution in [0.15, 0.2) is 18.2 Å². The van der Waals surface area contributed by atoms with E-state index >= 15 is 0 Å². The number of benzene rings is 1. The number of carbonyl (C=O) groups excluding carboxylic acids is 1. The fraction of sp³-hybridized carbons (Fsp3) is 0.682. The van der Waals surface area contributed by atoms with Crippen molar-refractivity contribution in [3.63, 3.8) is 0 Å². The standard InChI is InChI=1S/C22H40N4O3S/c1-10-13-30(28,29)24-19-11-12-20(25(8)9)18(14-19)15-26(17(4)16(2)3)21(27)23-22(5,6)7/h11-12,14,16-17,24H,10,13,15H2,1-9H3,(H,23,27). The maximum atomic E-state index is 13.1. The molecular weight excluding hydrogens is 400 g/mol. The molecule has 1 atom stereocenters. The topological polar surface area (TPSA) is 81.8 Å². The van der Waals surface area contributed by atoms with E-state index in [1.165, 1.54) is 0 Å².